The van der Waals surface area contributed by atoms with Gasteiger partial charge in [-0.05, 0) is 6.42 Å². The van der Waals surface area contributed by atoms with E-state index in [2.05, 4.69) is 0 Å². The maximum Gasteiger partial charge on any atom is 0.334 e. The number of rotatable bonds is 5. The SMILES string of the molecule is COC(C(=O)O)[C@@]1(C(=O)O)CC=C[C@H]1OC. The van der Waals surface area contributed by atoms with Crippen molar-refractivity contribution in [1.82, 2.24) is 0 Å². The second kappa shape index (κ2) is 4.63. The molecule has 1 unspecified atom stereocenters. The quantitative estimate of drug-likeness (QED) is 0.652. The third-order valence-corrected chi connectivity index (χ3v) is 2.85. The predicted molar refractivity (Wildman–Crippen MR) is 53.1 cm³/mol. The van der Waals surface area contributed by atoms with E-state index in [0.717, 1.165) is 0 Å². The Morgan fingerprint density at radius 3 is 2.44 bits per heavy atom. The van der Waals surface area contributed by atoms with Gasteiger partial charge in [0.05, 0.1) is 6.10 Å². The van der Waals surface area contributed by atoms with E-state index in [1.54, 1.807) is 12.2 Å². The fourth-order valence-corrected chi connectivity index (χ4v) is 2.07. The molecule has 90 valence electrons. The van der Waals surface area contributed by atoms with Crippen molar-refractivity contribution < 1.29 is 29.3 Å². The lowest BCUT2D eigenvalue weighted by Crippen LogP contribution is -2.53. The van der Waals surface area contributed by atoms with E-state index in [1.165, 1.54) is 14.2 Å². The van der Waals surface area contributed by atoms with Crippen LogP contribution in [0.25, 0.3) is 0 Å². The summed E-state index contributed by atoms with van der Waals surface area (Å²) in [7, 11) is 2.51. The van der Waals surface area contributed by atoms with E-state index in [0.29, 0.717) is 0 Å². The summed E-state index contributed by atoms with van der Waals surface area (Å²) in [6, 6.07) is 0. The number of hydrogen-bond acceptors (Lipinski definition) is 4. The topological polar surface area (TPSA) is 93.1 Å². The molecular formula is C10H14O6. The summed E-state index contributed by atoms with van der Waals surface area (Å²) in [6.07, 6.45) is 0.974. The lowest BCUT2D eigenvalue weighted by atomic mass is 9.77. The first-order valence-corrected chi connectivity index (χ1v) is 4.69. The Morgan fingerprint density at radius 2 is 2.06 bits per heavy atom. The Kier molecular flexibility index (Phi) is 3.66. The molecule has 16 heavy (non-hydrogen) atoms. The Labute approximate surface area is 92.5 Å². The zero-order chi connectivity index (χ0) is 12.3. The number of allylic oxidation sites excluding steroid dienone is 1. The molecule has 0 heterocycles. The second-order valence-corrected chi connectivity index (χ2v) is 3.59. The van der Waals surface area contributed by atoms with Gasteiger partial charge in [-0.1, -0.05) is 12.2 Å². The highest BCUT2D eigenvalue weighted by molar-refractivity contribution is 5.87. The molecule has 0 aromatic rings. The number of methoxy groups -OCH3 is 2. The Hall–Kier alpha value is -1.40. The van der Waals surface area contributed by atoms with E-state index in [1.807, 2.05) is 0 Å². The molecule has 0 fully saturated rings. The van der Waals surface area contributed by atoms with Crippen molar-refractivity contribution in [3.8, 4) is 0 Å². The normalized spacial score (nSPS) is 30.2. The highest BCUT2D eigenvalue weighted by atomic mass is 16.5. The van der Waals surface area contributed by atoms with Crippen LogP contribution in [0.15, 0.2) is 12.2 Å². The zero-order valence-electron chi connectivity index (χ0n) is 9.04. The third kappa shape index (κ3) is 1.70. The van der Waals surface area contributed by atoms with Gasteiger partial charge in [-0.3, -0.25) is 4.79 Å². The molecule has 0 saturated carbocycles. The molecular weight excluding hydrogens is 216 g/mol. The molecule has 1 aliphatic rings. The van der Waals surface area contributed by atoms with Gasteiger partial charge in [0, 0.05) is 14.2 Å². The van der Waals surface area contributed by atoms with Gasteiger partial charge < -0.3 is 19.7 Å². The van der Waals surface area contributed by atoms with Crippen LogP contribution in [0, 0.1) is 5.41 Å². The smallest absolute Gasteiger partial charge is 0.334 e. The van der Waals surface area contributed by atoms with Gasteiger partial charge in [-0.25, -0.2) is 4.79 Å². The van der Waals surface area contributed by atoms with Crippen molar-refractivity contribution in [2.75, 3.05) is 14.2 Å². The van der Waals surface area contributed by atoms with E-state index < -0.39 is 29.6 Å². The molecule has 0 aromatic heterocycles. The Bertz CT molecular complexity index is 323. The number of carbonyl (C=O) groups is 2. The van der Waals surface area contributed by atoms with Crippen LogP contribution in [0.2, 0.25) is 0 Å². The molecule has 0 radical (unpaired) electrons. The molecule has 6 heteroatoms. The molecule has 1 aliphatic carbocycles. The minimum absolute atomic E-state index is 0.0750. The minimum atomic E-state index is -1.59. The lowest BCUT2D eigenvalue weighted by Gasteiger charge is -2.34. The molecule has 1 rings (SSSR count). The molecule has 0 bridgehead atoms. The summed E-state index contributed by atoms with van der Waals surface area (Å²) in [4.78, 5) is 22.4. The highest BCUT2D eigenvalue weighted by Gasteiger charge is 2.56. The molecule has 2 N–H and O–H groups in total. The van der Waals surface area contributed by atoms with Gasteiger partial charge in [-0.2, -0.15) is 0 Å². The first-order valence-electron chi connectivity index (χ1n) is 4.69. The van der Waals surface area contributed by atoms with Crippen molar-refractivity contribution in [3.05, 3.63) is 12.2 Å². The average Bonchev–Trinajstić information content (AvgIpc) is 2.63. The van der Waals surface area contributed by atoms with E-state index in [9.17, 15) is 14.7 Å². The van der Waals surface area contributed by atoms with Gasteiger partial charge in [0.2, 0.25) is 0 Å². The highest BCUT2D eigenvalue weighted by Crippen LogP contribution is 2.40. The van der Waals surface area contributed by atoms with Gasteiger partial charge in [0.25, 0.3) is 0 Å². The Morgan fingerprint density at radius 1 is 1.44 bits per heavy atom. The van der Waals surface area contributed by atoms with Gasteiger partial charge in [0.1, 0.15) is 5.41 Å². The van der Waals surface area contributed by atoms with Gasteiger partial charge >= 0.3 is 11.9 Å². The number of carboxylic acid groups (broad SMARTS) is 2. The van der Waals surface area contributed by atoms with E-state index >= 15 is 0 Å². The number of carboxylic acids is 2. The third-order valence-electron chi connectivity index (χ3n) is 2.85. The van der Waals surface area contributed by atoms with Crippen LogP contribution in [-0.4, -0.2) is 48.6 Å². The van der Waals surface area contributed by atoms with Crippen molar-refractivity contribution in [2.45, 2.75) is 18.6 Å². The summed E-state index contributed by atoms with van der Waals surface area (Å²) >= 11 is 0. The summed E-state index contributed by atoms with van der Waals surface area (Å²) in [5.74, 6) is -2.55. The zero-order valence-corrected chi connectivity index (χ0v) is 9.04. The van der Waals surface area contributed by atoms with Crippen LogP contribution in [0.5, 0.6) is 0 Å². The first kappa shape index (κ1) is 12.7. The standard InChI is InChI=1S/C10H14O6/c1-15-6-4-3-5-10(6,9(13)14)7(16-2)8(11)12/h3-4,6-7H,5H2,1-2H3,(H,11,12)(H,13,14)/t6-,7?,10-/m1/s1. The first-order chi connectivity index (χ1) is 7.50. The molecule has 0 aliphatic heterocycles. The van der Waals surface area contributed by atoms with E-state index in [4.69, 9.17) is 14.6 Å². The molecule has 3 atom stereocenters. The summed E-state index contributed by atoms with van der Waals surface area (Å²) < 4.78 is 9.80. The largest absolute Gasteiger partial charge is 0.481 e. The van der Waals surface area contributed by atoms with Crippen molar-refractivity contribution in [1.29, 1.82) is 0 Å². The van der Waals surface area contributed by atoms with Crippen LogP contribution in [0.3, 0.4) is 0 Å². The summed E-state index contributed by atoms with van der Waals surface area (Å²) in [6.45, 7) is 0. The van der Waals surface area contributed by atoms with Gasteiger partial charge in [0.15, 0.2) is 6.10 Å². The number of aliphatic carboxylic acids is 2. The average molecular weight is 230 g/mol. The second-order valence-electron chi connectivity index (χ2n) is 3.59. The predicted octanol–water partition coefficient (Wildman–Crippen LogP) is 0.132. The Balaban J connectivity index is 3.15. The molecule has 6 nitrogen and oxygen atoms in total. The van der Waals surface area contributed by atoms with Crippen LogP contribution in [0.4, 0.5) is 0 Å². The summed E-state index contributed by atoms with van der Waals surface area (Å²) in [5, 5.41) is 18.2. The van der Waals surface area contributed by atoms with Crippen LogP contribution < -0.4 is 0 Å². The fourth-order valence-electron chi connectivity index (χ4n) is 2.07. The van der Waals surface area contributed by atoms with Crippen LogP contribution in [0.1, 0.15) is 6.42 Å². The lowest BCUT2D eigenvalue weighted by molar-refractivity contribution is -0.181. The molecule has 0 spiro atoms. The fraction of sp³-hybridized carbons (Fsp3) is 0.600. The minimum Gasteiger partial charge on any atom is -0.481 e. The van der Waals surface area contributed by atoms with E-state index in [-0.39, 0.29) is 6.42 Å². The molecule has 0 saturated heterocycles. The molecule has 0 amide bonds. The number of hydrogen-bond donors (Lipinski definition) is 2. The monoisotopic (exact) mass is 230 g/mol. The maximum absolute atomic E-state index is 11.3. The van der Waals surface area contributed by atoms with Gasteiger partial charge in [-0.15, -0.1) is 0 Å². The van der Waals surface area contributed by atoms with Crippen molar-refractivity contribution in [3.63, 3.8) is 0 Å². The maximum atomic E-state index is 11.3. The van der Waals surface area contributed by atoms with Crippen molar-refractivity contribution in [2.24, 2.45) is 5.41 Å². The number of ether oxygens (including phenoxy) is 2. The summed E-state index contributed by atoms with van der Waals surface area (Å²) in [5.41, 5.74) is -1.59. The van der Waals surface area contributed by atoms with Crippen LogP contribution >= 0.6 is 0 Å². The van der Waals surface area contributed by atoms with Crippen LogP contribution in [-0.2, 0) is 19.1 Å². The van der Waals surface area contributed by atoms with Crippen molar-refractivity contribution >= 4 is 11.9 Å². The molecule has 0 aromatic carbocycles.